The van der Waals surface area contributed by atoms with Crippen LogP contribution in [0, 0.1) is 0 Å². The molecule has 23 heavy (non-hydrogen) atoms. The lowest BCUT2D eigenvalue weighted by molar-refractivity contribution is 0.292. The highest BCUT2D eigenvalue weighted by molar-refractivity contribution is 5.74. The summed E-state index contributed by atoms with van der Waals surface area (Å²) in [6.07, 6.45) is 4.14. The number of hydrogen-bond donors (Lipinski definition) is 2. The molecule has 0 aromatic carbocycles. The number of nitrogens with one attached hydrogen (secondary N) is 2. The lowest BCUT2D eigenvalue weighted by atomic mass is 10.1. The van der Waals surface area contributed by atoms with E-state index >= 15 is 0 Å². The van der Waals surface area contributed by atoms with Gasteiger partial charge in [0.05, 0.1) is 0 Å². The molecule has 0 radical (unpaired) electrons. The van der Waals surface area contributed by atoms with Gasteiger partial charge in [0.15, 0.2) is 5.65 Å². The summed E-state index contributed by atoms with van der Waals surface area (Å²) >= 11 is 0. The van der Waals surface area contributed by atoms with Crippen molar-refractivity contribution in [3.05, 3.63) is 18.3 Å². The molecule has 0 amide bonds. The lowest BCUT2D eigenvalue weighted by Crippen LogP contribution is -2.36. The maximum Gasteiger partial charge on any atom is 0.205 e. The van der Waals surface area contributed by atoms with Crippen molar-refractivity contribution in [2.45, 2.75) is 39.3 Å². The number of imidazole rings is 1. The predicted molar refractivity (Wildman–Crippen MR) is 94.8 cm³/mol. The van der Waals surface area contributed by atoms with E-state index < -0.39 is 0 Å². The van der Waals surface area contributed by atoms with Crippen molar-refractivity contribution >= 4 is 17.1 Å². The van der Waals surface area contributed by atoms with E-state index in [9.17, 15) is 0 Å². The molecule has 0 bridgehead atoms. The molecule has 0 spiro atoms. The summed E-state index contributed by atoms with van der Waals surface area (Å²) < 4.78 is 2.25. The van der Waals surface area contributed by atoms with E-state index in [1.807, 2.05) is 18.3 Å². The monoisotopic (exact) mass is 316 g/mol. The normalized spacial score (nSPS) is 16.3. The van der Waals surface area contributed by atoms with Crippen molar-refractivity contribution in [2.75, 3.05) is 38.0 Å². The van der Waals surface area contributed by atoms with Gasteiger partial charge < -0.3 is 15.5 Å². The van der Waals surface area contributed by atoms with Crippen LogP contribution in [0.4, 0.5) is 5.95 Å². The van der Waals surface area contributed by atoms with Crippen molar-refractivity contribution in [3.63, 3.8) is 0 Å². The molecule has 0 atom stereocenters. The predicted octanol–water partition coefficient (Wildman–Crippen LogP) is 1.94. The van der Waals surface area contributed by atoms with E-state index in [2.05, 4.69) is 38.9 Å². The zero-order valence-corrected chi connectivity index (χ0v) is 14.3. The van der Waals surface area contributed by atoms with Gasteiger partial charge in [0, 0.05) is 25.3 Å². The fourth-order valence-electron chi connectivity index (χ4n) is 3.21. The molecule has 126 valence electrons. The van der Waals surface area contributed by atoms with E-state index in [4.69, 9.17) is 4.98 Å². The van der Waals surface area contributed by atoms with Crippen LogP contribution in [0.1, 0.15) is 26.7 Å². The Morgan fingerprint density at radius 3 is 2.83 bits per heavy atom. The molecule has 1 fully saturated rings. The van der Waals surface area contributed by atoms with Crippen LogP contribution in [0.3, 0.4) is 0 Å². The van der Waals surface area contributed by atoms with Gasteiger partial charge in [0.1, 0.15) is 5.52 Å². The molecule has 1 aliphatic rings. The number of piperidine rings is 1. The van der Waals surface area contributed by atoms with Gasteiger partial charge >= 0.3 is 0 Å². The average molecular weight is 316 g/mol. The minimum absolute atomic E-state index is 0.500. The minimum atomic E-state index is 0.500. The third-order valence-corrected chi connectivity index (χ3v) is 4.71. The molecule has 0 unspecified atom stereocenters. The summed E-state index contributed by atoms with van der Waals surface area (Å²) in [4.78, 5) is 11.8. The Morgan fingerprint density at radius 2 is 2.09 bits per heavy atom. The Balaban J connectivity index is 1.81. The molecule has 0 aliphatic carbocycles. The number of fused-ring (bicyclic) bond motifs is 1. The number of anilines is 1. The summed E-state index contributed by atoms with van der Waals surface area (Å²) in [5, 5.41) is 7.06. The fraction of sp³-hybridized carbons (Fsp3) is 0.647. The van der Waals surface area contributed by atoms with Gasteiger partial charge in [-0.1, -0.05) is 13.8 Å². The summed E-state index contributed by atoms with van der Waals surface area (Å²) in [7, 11) is 0. The van der Waals surface area contributed by atoms with Gasteiger partial charge in [0.25, 0.3) is 0 Å². The van der Waals surface area contributed by atoms with Crippen LogP contribution in [0.25, 0.3) is 11.2 Å². The summed E-state index contributed by atoms with van der Waals surface area (Å²) in [5.74, 6) is 0.970. The van der Waals surface area contributed by atoms with Gasteiger partial charge in [-0.15, -0.1) is 0 Å². The maximum absolute atomic E-state index is 4.79. The number of likely N-dealkylation sites (N-methyl/N-ethyl adjacent to an activating group) is 1. The SMILES string of the molecule is CCN(CC)CCn1c(NC2CCNCC2)nc2cccnc21. The van der Waals surface area contributed by atoms with E-state index in [-0.39, 0.29) is 0 Å². The summed E-state index contributed by atoms with van der Waals surface area (Å²) in [6.45, 7) is 10.7. The number of nitrogens with zero attached hydrogens (tertiary/aromatic N) is 4. The van der Waals surface area contributed by atoms with Crippen LogP contribution >= 0.6 is 0 Å². The maximum atomic E-state index is 4.79. The highest BCUT2D eigenvalue weighted by atomic mass is 15.3. The second-order valence-corrected chi connectivity index (χ2v) is 6.13. The summed E-state index contributed by atoms with van der Waals surface area (Å²) in [5.41, 5.74) is 1.96. The first-order valence-electron chi connectivity index (χ1n) is 8.82. The lowest BCUT2D eigenvalue weighted by Gasteiger charge is -2.25. The molecule has 1 saturated heterocycles. The number of hydrogen-bond acceptors (Lipinski definition) is 5. The first-order chi connectivity index (χ1) is 11.3. The number of rotatable bonds is 7. The molecule has 1 aliphatic heterocycles. The van der Waals surface area contributed by atoms with Crippen molar-refractivity contribution in [2.24, 2.45) is 0 Å². The van der Waals surface area contributed by atoms with Crippen LogP contribution in [0.5, 0.6) is 0 Å². The largest absolute Gasteiger partial charge is 0.353 e. The van der Waals surface area contributed by atoms with Gasteiger partial charge in [-0.2, -0.15) is 0 Å². The molecule has 2 aromatic heterocycles. The molecule has 6 nitrogen and oxygen atoms in total. The zero-order chi connectivity index (χ0) is 16.1. The third-order valence-electron chi connectivity index (χ3n) is 4.71. The smallest absolute Gasteiger partial charge is 0.205 e. The van der Waals surface area contributed by atoms with Gasteiger partial charge in [0.2, 0.25) is 5.95 Å². The molecular weight excluding hydrogens is 288 g/mol. The Bertz CT molecular complexity index is 613. The van der Waals surface area contributed by atoms with Crippen LogP contribution < -0.4 is 10.6 Å². The topological polar surface area (TPSA) is 58.0 Å². The first kappa shape index (κ1) is 16.2. The molecular formula is C17H28N6. The quantitative estimate of drug-likeness (QED) is 0.817. The molecule has 2 N–H and O–H groups in total. The second-order valence-electron chi connectivity index (χ2n) is 6.13. The number of pyridine rings is 1. The van der Waals surface area contributed by atoms with E-state index in [0.29, 0.717) is 6.04 Å². The number of aromatic nitrogens is 3. The van der Waals surface area contributed by atoms with Crippen LogP contribution in [-0.2, 0) is 6.54 Å². The van der Waals surface area contributed by atoms with Crippen LogP contribution in [-0.4, -0.2) is 58.2 Å². The van der Waals surface area contributed by atoms with E-state index in [1.54, 1.807) is 0 Å². The van der Waals surface area contributed by atoms with E-state index in [1.165, 1.54) is 0 Å². The van der Waals surface area contributed by atoms with Crippen LogP contribution in [0.2, 0.25) is 0 Å². The average Bonchev–Trinajstić information content (AvgIpc) is 2.94. The molecule has 0 saturated carbocycles. The van der Waals surface area contributed by atoms with Crippen molar-refractivity contribution in [1.82, 2.24) is 24.8 Å². The second kappa shape index (κ2) is 7.75. The Labute approximate surface area is 138 Å². The van der Waals surface area contributed by atoms with Crippen molar-refractivity contribution in [1.29, 1.82) is 0 Å². The molecule has 3 heterocycles. The third kappa shape index (κ3) is 3.82. The Hall–Kier alpha value is -1.66. The highest BCUT2D eigenvalue weighted by Crippen LogP contribution is 2.20. The van der Waals surface area contributed by atoms with Gasteiger partial charge in [-0.3, -0.25) is 4.57 Å². The van der Waals surface area contributed by atoms with Crippen molar-refractivity contribution in [3.8, 4) is 0 Å². The van der Waals surface area contributed by atoms with Gasteiger partial charge in [-0.25, -0.2) is 9.97 Å². The van der Waals surface area contributed by atoms with E-state index in [0.717, 1.165) is 69.2 Å². The molecule has 3 rings (SSSR count). The Morgan fingerprint density at radius 1 is 1.30 bits per heavy atom. The van der Waals surface area contributed by atoms with Crippen molar-refractivity contribution < 1.29 is 0 Å². The van der Waals surface area contributed by atoms with Crippen LogP contribution in [0.15, 0.2) is 18.3 Å². The molecule has 2 aromatic rings. The Kier molecular flexibility index (Phi) is 5.46. The fourth-order valence-corrected chi connectivity index (χ4v) is 3.21. The first-order valence-corrected chi connectivity index (χ1v) is 8.82. The molecule has 6 heteroatoms. The summed E-state index contributed by atoms with van der Waals surface area (Å²) in [6, 6.07) is 4.50. The standard InChI is InChI=1S/C17H28N6/c1-3-22(4-2)12-13-23-16-15(6-5-9-19-16)21-17(23)20-14-7-10-18-11-8-14/h5-6,9,14,18H,3-4,7-8,10-13H2,1-2H3,(H,20,21). The zero-order valence-electron chi connectivity index (χ0n) is 14.3. The van der Waals surface area contributed by atoms with Gasteiger partial charge in [-0.05, 0) is 51.2 Å². The minimum Gasteiger partial charge on any atom is -0.353 e. The highest BCUT2D eigenvalue weighted by Gasteiger charge is 2.18.